The van der Waals surface area contributed by atoms with Gasteiger partial charge in [0.2, 0.25) is 0 Å². The van der Waals surface area contributed by atoms with Crippen LogP contribution in [0.4, 0.5) is 34.8 Å². The average Bonchev–Trinajstić information content (AvgIpc) is 3.68. The highest BCUT2D eigenvalue weighted by Crippen LogP contribution is 2.33. The van der Waals surface area contributed by atoms with E-state index < -0.39 is 17.6 Å². The number of nitrogens with one attached hydrogen (secondary N) is 2. The van der Waals surface area contributed by atoms with Crippen LogP contribution in [0.15, 0.2) is 47.7 Å². The van der Waals surface area contributed by atoms with Crippen LogP contribution in [0.2, 0.25) is 0 Å². The molecule has 0 saturated carbocycles. The van der Waals surface area contributed by atoms with Gasteiger partial charge in [0.05, 0.1) is 42.6 Å². The van der Waals surface area contributed by atoms with Crippen molar-refractivity contribution in [1.29, 1.82) is 0 Å². The summed E-state index contributed by atoms with van der Waals surface area (Å²) in [5, 5.41) is 6.16. The molecule has 9 nitrogen and oxygen atoms in total. The number of aliphatic imine (C=N–C) groups is 1. The molecule has 3 aromatic rings. The Morgan fingerprint density at radius 3 is 2.62 bits per heavy atom. The van der Waals surface area contributed by atoms with Gasteiger partial charge in [-0.15, -0.1) is 0 Å². The fourth-order valence-electron chi connectivity index (χ4n) is 4.25. The van der Waals surface area contributed by atoms with Gasteiger partial charge in [-0.05, 0) is 50.0 Å². The molecule has 2 saturated heterocycles. The van der Waals surface area contributed by atoms with Gasteiger partial charge in [0, 0.05) is 31.5 Å². The van der Waals surface area contributed by atoms with Crippen LogP contribution >= 0.6 is 0 Å². The monoisotopic (exact) mass is 544 g/mol. The summed E-state index contributed by atoms with van der Waals surface area (Å²) in [6, 6.07) is 7.11. The molecule has 0 radical (unpaired) electrons. The maximum Gasteiger partial charge on any atom is 0.416 e. The molecule has 0 aliphatic carbocycles. The van der Waals surface area contributed by atoms with Gasteiger partial charge in [-0.25, -0.2) is 14.4 Å². The third-order valence-electron chi connectivity index (χ3n) is 6.15. The van der Waals surface area contributed by atoms with Gasteiger partial charge in [0.1, 0.15) is 12.2 Å². The van der Waals surface area contributed by atoms with Crippen molar-refractivity contribution < 1.29 is 22.3 Å². The predicted octanol–water partition coefficient (Wildman–Crippen LogP) is 3.76. The summed E-state index contributed by atoms with van der Waals surface area (Å²) < 4.78 is 59.8. The molecule has 39 heavy (non-hydrogen) atoms. The molecule has 2 fully saturated rings. The molecule has 0 bridgehead atoms. The maximum absolute atomic E-state index is 14.3. The number of benzene rings is 1. The SMILES string of the molecule is CN(C)Cc1cc(Nc2ccc(/C=N/C3NC3c3ncc(F)c(N4CCOCC4)n3)nc2)cc(C(F)(F)F)c1. The number of aromatic nitrogens is 3. The van der Waals surface area contributed by atoms with E-state index in [1.54, 1.807) is 43.4 Å². The molecule has 1 aromatic carbocycles. The van der Waals surface area contributed by atoms with Crippen molar-refractivity contribution in [3.05, 3.63) is 71.2 Å². The van der Waals surface area contributed by atoms with Gasteiger partial charge in [-0.2, -0.15) is 13.2 Å². The minimum Gasteiger partial charge on any atom is -0.378 e. The van der Waals surface area contributed by atoms with Crippen LogP contribution < -0.4 is 15.5 Å². The summed E-state index contributed by atoms with van der Waals surface area (Å²) in [6.45, 7) is 2.54. The number of nitrogens with zero attached hydrogens (tertiary/aromatic N) is 6. The topological polar surface area (TPSA) is 101 Å². The largest absolute Gasteiger partial charge is 0.416 e. The van der Waals surface area contributed by atoms with Gasteiger partial charge >= 0.3 is 6.18 Å². The molecule has 0 amide bonds. The Bertz CT molecular complexity index is 1330. The van der Waals surface area contributed by atoms with Crippen LogP contribution in [0, 0.1) is 5.82 Å². The summed E-state index contributed by atoms with van der Waals surface area (Å²) in [5.41, 5.74) is 1.27. The van der Waals surface area contributed by atoms with Gasteiger partial charge in [0.25, 0.3) is 0 Å². The Hall–Kier alpha value is -3.68. The highest BCUT2D eigenvalue weighted by molar-refractivity contribution is 5.78. The zero-order valence-electron chi connectivity index (χ0n) is 21.4. The van der Waals surface area contributed by atoms with Gasteiger partial charge < -0.3 is 19.9 Å². The minimum atomic E-state index is -4.45. The molecule has 2 N–H and O–H groups in total. The lowest BCUT2D eigenvalue weighted by Gasteiger charge is -2.28. The fraction of sp³-hybridized carbons (Fsp3) is 0.385. The van der Waals surface area contributed by atoms with E-state index in [4.69, 9.17) is 4.74 Å². The Kier molecular flexibility index (Phi) is 7.73. The Balaban J connectivity index is 1.22. The van der Waals surface area contributed by atoms with E-state index in [1.165, 1.54) is 12.4 Å². The predicted molar refractivity (Wildman–Crippen MR) is 139 cm³/mol. The first-order valence-corrected chi connectivity index (χ1v) is 12.4. The van der Waals surface area contributed by atoms with Gasteiger partial charge in [-0.3, -0.25) is 15.3 Å². The van der Waals surface area contributed by atoms with Crippen molar-refractivity contribution in [2.45, 2.75) is 24.9 Å². The third kappa shape index (κ3) is 6.85. The number of rotatable bonds is 8. The quantitative estimate of drug-likeness (QED) is 0.251. The van der Waals surface area contributed by atoms with E-state index in [2.05, 4.69) is 30.6 Å². The number of hydrogen-bond acceptors (Lipinski definition) is 9. The van der Waals surface area contributed by atoms with Crippen molar-refractivity contribution in [2.24, 2.45) is 4.99 Å². The van der Waals surface area contributed by atoms with Crippen LogP contribution in [0.5, 0.6) is 0 Å². The zero-order chi connectivity index (χ0) is 27.6. The smallest absolute Gasteiger partial charge is 0.378 e. The molecule has 5 rings (SSSR count). The Morgan fingerprint density at radius 1 is 1.13 bits per heavy atom. The van der Waals surface area contributed by atoms with Crippen LogP contribution in [-0.2, 0) is 17.5 Å². The Labute approximate surface area is 222 Å². The second-order valence-corrected chi connectivity index (χ2v) is 9.62. The van der Waals surface area contributed by atoms with Crippen molar-refractivity contribution in [3.63, 3.8) is 0 Å². The van der Waals surface area contributed by atoms with E-state index in [1.807, 2.05) is 4.90 Å². The van der Waals surface area contributed by atoms with E-state index in [0.717, 1.165) is 12.1 Å². The molecular weight excluding hydrogens is 516 g/mol. The minimum absolute atomic E-state index is 0.236. The fourth-order valence-corrected chi connectivity index (χ4v) is 4.25. The Morgan fingerprint density at radius 2 is 1.92 bits per heavy atom. The highest BCUT2D eigenvalue weighted by Gasteiger charge is 2.40. The number of hydrogen-bond donors (Lipinski definition) is 2. The van der Waals surface area contributed by atoms with Crippen LogP contribution in [0.25, 0.3) is 0 Å². The third-order valence-corrected chi connectivity index (χ3v) is 6.15. The van der Waals surface area contributed by atoms with Crippen LogP contribution in [0.1, 0.15) is 28.7 Å². The lowest BCUT2D eigenvalue weighted by molar-refractivity contribution is -0.137. The van der Waals surface area contributed by atoms with E-state index >= 15 is 0 Å². The molecule has 2 aliphatic rings. The number of halogens is 4. The highest BCUT2D eigenvalue weighted by atomic mass is 19.4. The van der Waals surface area contributed by atoms with E-state index in [-0.39, 0.29) is 18.0 Å². The first-order chi connectivity index (χ1) is 18.7. The van der Waals surface area contributed by atoms with Crippen LogP contribution in [-0.4, -0.2) is 72.6 Å². The van der Waals surface area contributed by atoms with Crippen molar-refractivity contribution in [3.8, 4) is 0 Å². The number of morpholine rings is 1. The first kappa shape index (κ1) is 26.9. The van der Waals surface area contributed by atoms with Gasteiger partial charge in [-0.1, -0.05) is 0 Å². The van der Waals surface area contributed by atoms with E-state index in [0.29, 0.717) is 61.3 Å². The second kappa shape index (κ2) is 11.2. The van der Waals surface area contributed by atoms with Crippen molar-refractivity contribution >= 4 is 23.4 Å². The summed E-state index contributed by atoms with van der Waals surface area (Å²) in [4.78, 5) is 21.0. The average molecular weight is 545 g/mol. The molecule has 0 spiro atoms. The lowest BCUT2D eigenvalue weighted by Crippen LogP contribution is -2.37. The molecule has 4 heterocycles. The van der Waals surface area contributed by atoms with Crippen LogP contribution in [0.3, 0.4) is 0 Å². The molecule has 2 aliphatic heterocycles. The van der Waals surface area contributed by atoms with E-state index in [9.17, 15) is 17.6 Å². The second-order valence-electron chi connectivity index (χ2n) is 9.62. The molecule has 2 atom stereocenters. The van der Waals surface area contributed by atoms with Crippen molar-refractivity contribution in [2.75, 3.05) is 50.6 Å². The molecule has 2 aromatic heterocycles. The zero-order valence-corrected chi connectivity index (χ0v) is 21.4. The maximum atomic E-state index is 14.3. The first-order valence-electron chi connectivity index (χ1n) is 12.4. The summed E-state index contributed by atoms with van der Waals surface area (Å²) in [6.07, 6.45) is -0.423. The van der Waals surface area contributed by atoms with Crippen molar-refractivity contribution in [1.82, 2.24) is 25.2 Å². The normalized spacial score (nSPS) is 19.6. The number of ether oxygens (including phenoxy) is 1. The summed E-state index contributed by atoms with van der Waals surface area (Å²) in [7, 11) is 3.60. The number of anilines is 3. The molecular formula is C26H28F4N8O. The number of alkyl halides is 3. The molecule has 206 valence electrons. The number of pyridine rings is 1. The summed E-state index contributed by atoms with van der Waals surface area (Å²) in [5.74, 6) is 0.250. The van der Waals surface area contributed by atoms with Gasteiger partial charge in [0.15, 0.2) is 17.5 Å². The lowest BCUT2D eigenvalue weighted by atomic mass is 10.1. The standard InChI is InChI=1S/C26H28F4N8O/c1-37(2)15-16-9-17(26(28,29)30)11-20(10-16)34-19-4-3-18(31-13-19)12-32-23-22(35-23)24-33-14-21(27)25(36-24)38-5-7-39-8-6-38/h3-4,9-14,22-23,34-35H,5-8,15H2,1-2H3/b32-12+. The molecule has 13 heteroatoms. The molecule has 2 unspecified atom stereocenters. The summed E-state index contributed by atoms with van der Waals surface area (Å²) >= 11 is 0.